The summed E-state index contributed by atoms with van der Waals surface area (Å²) >= 11 is 0. The smallest absolute Gasteiger partial charge is 0.271 e. The number of nitrogens with zero attached hydrogens (tertiary/aromatic N) is 1. The van der Waals surface area contributed by atoms with E-state index in [0.29, 0.717) is 22.6 Å². The predicted octanol–water partition coefficient (Wildman–Crippen LogP) is 3.30. The van der Waals surface area contributed by atoms with Crippen LogP contribution in [0.3, 0.4) is 0 Å². The van der Waals surface area contributed by atoms with Gasteiger partial charge in [-0.1, -0.05) is 18.2 Å². The second-order valence-electron chi connectivity index (χ2n) is 5.11. The van der Waals surface area contributed by atoms with Crippen molar-refractivity contribution in [1.29, 1.82) is 0 Å². The Morgan fingerprint density at radius 3 is 2.24 bits per heavy atom. The maximum Gasteiger partial charge on any atom is 0.271 e. The molecule has 0 aliphatic rings. The van der Waals surface area contributed by atoms with Crippen LogP contribution in [-0.2, 0) is 0 Å². The van der Waals surface area contributed by atoms with Crippen LogP contribution in [0.25, 0.3) is 0 Å². The van der Waals surface area contributed by atoms with Crippen LogP contribution in [-0.4, -0.2) is 18.0 Å². The van der Waals surface area contributed by atoms with Crippen molar-refractivity contribution in [2.45, 2.75) is 0 Å². The zero-order chi connectivity index (χ0) is 17.5. The lowest BCUT2D eigenvalue weighted by molar-refractivity contribution is 0.0954. The summed E-state index contributed by atoms with van der Waals surface area (Å²) in [5, 5.41) is 6.59. The largest absolute Gasteiger partial charge is 0.463 e. The molecular weight excluding hydrogens is 318 g/mol. The first-order valence-corrected chi connectivity index (χ1v) is 7.56. The fourth-order valence-electron chi connectivity index (χ4n) is 2.08. The van der Waals surface area contributed by atoms with Gasteiger partial charge in [0.15, 0.2) is 0 Å². The molecule has 0 spiro atoms. The first kappa shape index (κ1) is 16.2. The number of carbonyl (C=O) groups is 2. The number of rotatable bonds is 5. The molecule has 0 saturated carbocycles. The monoisotopic (exact) mass is 333 g/mol. The highest BCUT2D eigenvalue weighted by Gasteiger charge is 2.07. The molecule has 2 aromatic carbocycles. The topological polar surface area (TPSA) is 83.7 Å². The van der Waals surface area contributed by atoms with Gasteiger partial charge in [-0.2, -0.15) is 5.10 Å². The lowest BCUT2D eigenvalue weighted by Gasteiger charge is -2.06. The number of carbonyl (C=O) groups excluding carboxylic acids is 2. The van der Waals surface area contributed by atoms with Crippen molar-refractivity contribution in [1.82, 2.24) is 5.43 Å². The molecule has 0 radical (unpaired) electrons. The lowest BCUT2D eigenvalue weighted by Crippen LogP contribution is -2.17. The van der Waals surface area contributed by atoms with Gasteiger partial charge in [-0.25, -0.2) is 5.43 Å². The zero-order valence-corrected chi connectivity index (χ0v) is 13.2. The number of anilines is 1. The van der Waals surface area contributed by atoms with Crippen molar-refractivity contribution < 1.29 is 14.0 Å². The SMILES string of the molecule is O=C(NN=Cc1ccco1)c1ccc(NC(=O)c2ccccc2)cc1. The molecule has 6 heteroatoms. The first-order valence-electron chi connectivity index (χ1n) is 7.56. The Hall–Kier alpha value is -3.67. The average molecular weight is 333 g/mol. The molecule has 0 aliphatic carbocycles. The second-order valence-corrected chi connectivity index (χ2v) is 5.11. The number of hydrazone groups is 1. The van der Waals surface area contributed by atoms with Crippen molar-refractivity contribution in [3.05, 3.63) is 89.9 Å². The van der Waals surface area contributed by atoms with Gasteiger partial charge in [-0.05, 0) is 48.5 Å². The molecule has 3 rings (SSSR count). The predicted molar refractivity (Wildman–Crippen MR) is 94.6 cm³/mol. The van der Waals surface area contributed by atoms with E-state index >= 15 is 0 Å². The van der Waals surface area contributed by atoms with E-state index in [1.54, 1.807) is 60.7 Å². The Kier molecular flexibility index (Phi) is 5.01. The number of hydrogen-bond donors (Lipinski definition) is 2. The highest BCUT2D eigenvalue weighted by Crippen LogP contribution is 2.11. The van der Waals surface area contributed by atoms with Gasteiger partial charge in [0.1, 0.15) is 5.76 Å². The van der Waals surface area contributed by atoms with E-state index in [-0.39, 0.29) is 11.8 Å². The van der Waals surface area contributed by atoms with Crippen molar-refractivity contribution in [2.75, 3.05) is 5.32 Å². The van der Waals surface area contributed by atoms with Crippen molar-refractivity contribution in [3.63, 3.8) is 0 Å². The maximum atomic E-state index is 12.1. The van der Waals surface area contributed by atoms with Crippen LogP contribution < -0.4 is 10.7 Å². The molecule has 1 heterocycles. The summed E-state index contributed by atoms with van der Waals surface area (Å²) in [5.74, 6) is -0.0242. The third-order valence-corrected chi connectivity index (χ3v) is 3.34. The van der Waals surface area contributed by atoms with E-state index in [4.69, 9.17) is 4.42 Å². The fourth-order valence-corrected chi connectivity index (χ4v) is 2.08. The fraction of sp³-hybridized carbons (Fsp3) is 0. The molecule has 0 aliphatic heterocycles. The molecule has 6 nitrogen and oxygen atoms in total. The van der Waals surface area contributed by atoms with Gasteiger partial charge in [0.25, 0.3) is 11.8 Å². The maximum absolute atomic E-state index is 12.1. The summed E-state index contributed by atoms with van der Waals surface area (Å²) in [7, 11) is 0. The van der Waals surface area contributed by atoms with E-state index < -0.39 is 0 Å². The van der Waals surface area contributed by atoms with Gasteiger partial charge in [-0.3, -0.25) is 9.59 Å². The van der Waals surface area contributed by atoms with Gasteiger partial charge in [-0.15, -0.1) is 0 Å². The van der Waals surface area contributed by atoms with E-state index in [2.05, 4.69) is 15.8 Å². The van der Waals surface area contributed by atoms with E-state index in [0.717, 1.165) is 0 Å². The summed E-state index contributed by atoms with van der Waals surface area (Å²) in [6.07, 6.45) is 2.93. The molecule has 0 atom stereocenters. The first-order chi connectivity index (χ1) is 12.2. The van der Waals surface area contributed by atoms with Crippen LogP contribution in [0.1, 0.15) is 26.5 Å². The van der Waals surface area contributed by atoms with Crippen LogP contribution in [0.15, 0.2) is 82.5 Å². The minimum absolute atomic E-state index is 0.208. The Balaban J connectivity index is 1.58. The van der Waals surface area contributed by atoms with Gasteiger partial charge < -0.3 is 9.73 Å². The van der Waals surface area contributed by atoms with Crippen LogP contribution in [0.5, 0.6) is 0 Å². The highest BCUT2D eigenvalue weighted by molar-refractivity contribution is 6.04. The Labute approximate surface area is 144 Å². The van der Waals surface area contributed by atoms with E-state index in [1.165, 1.54) is 12.5 Å². The quantitative estimate of drug-likeness (QED) is 0.555. The van der Waals surface area contributed by atoms with Crippen molar-refractivity contribution in [2.24, 2.45) is 5.10 Å². The number of benzene rings is 2. The van der Waals surface area contributed by atoms with Gasteiger partial charge in [0.05, 0.1) is 12.5 Å². The van der Waals surface area contributed by atoms with E-state index in [9.17, 15) is 9.59 Å². The van der Waals surface area contributed by atoms with Gasteiger partial charge in [0, 0.05) is 16.8 Å². The van der Waals surface area contributed by atoms with Crippen LogP contribution in [0.2, 0.25) is 0 Å². The highest BCUT2D eigenvalue weighted by atomic mass is 16.3. The molecule has 1 aromatic heterocycles. The van der Waals surface area contributed by atoms with Gasteiger partial charge in [0.2, 0.25) is 0 Å². The standard InChI is InChI=1S/C19H15N3O3/c23-18(14-5-2-1-3-6-14)21-16-10-8-15(9-11-16)19(24)22-20-13-17-7-4-12-25-17/h1-13H,(H,21,23)(H,22,24). The Morgan fingerprint density at radius 1 is 0.840 bits per heavy atom. The normalized spacial score (nSPS) is 10.6. The zero-order valence-electron chi connectivity index (χ0n) is 13.2. The number of nitrogens with one attached hydrogen (secondary N) is 2. The molecule has 0 saturated heterocycles. The van der Waals surface area contributed by atoms with Crippen LogP contribution in [0.4, 0.5) is 5.69 Å². The molecule has 2 N–H and O–H groups in total. The third kappa shape index (κ3) is 4.42. The van der Waals surface area contributed by atoms with Crippen molar-refractivity contribution in [3.8, 4) is 0 Å². The third-order valence-electron chi connectivity index (χ3n) is 3.34. The molecular formula is C19H15N3O3. The van der Waals surface area contributed by atoms with E-state index in [1.807, 2.05) is 6.07 Å². The molecule has 0 bridgehead atoms. The molecule has 2 amide bonds. The summed E-state index contributed by atoms with van der Waals surface area (Å²) in [6, 6.07) is 18.9. The average Bonchev–Trinajstić information content (AvgIpc) is 3.16. The second kappa shape index (κ2) is 7.74. The minimum Gasteiger partial charge on any atom is -0.463 e. The molecule has 124 valence electrons. The van der Waals surface area contributed by atoms with Gasteiger partial charge >= 0.3 is 0 Å². The summed E-state index contributed by atoms with van der Waals surface area (Å²) in [6.45, 7) is 0. The van der Waals surface area contributed by atoms with Crippen molar-refractivity contribution >= 4 is 23.7 Å². The lowest BCUT2D eigenvalue weighted by atomic mass is 10.2. The van der Waals surface area contributed by atoms with Crippen LogP contribution >= 0.6 is 0 Å². The molecule has 0 fully saturated rings. The number of furan rings is 1. The Morgan fingerprint density at radius 2 is 1.56 bits per heavy atom. The molecule has 25 heavy (non-hydrogen) atoms. The van der Waals surface area contributed by atoms with Crippen LogP contribution in [0, 0.1) is 0 Å². The summed E-state index contributed by atoms with van der Waals surface area (Å²) in [4.78, 5) is 24.1. The minimum atomic E-state index is -0.358. The number of hydrogen-bond acceptors (Lipinski definition) is 4. The molecule has 3 aromatic rings. The number of amides is 2. The summed E-state index contributed by atoms with van der Waals surface area (Å²) in [5.41, 5.74) is 4.00. The summed E-state index contributed by atoms with van der Waals surface area (Å²) < 4.78 is 5.07. The molecule has 0 unspecified atom stereocenters. The Bertz CT molecular complexity index is 870.